The molecule has 0 atom stereocenters. The van der Waals surface area contributed by atoms with Gasteiger partial charge in [-0.1, -0.05) is 19.6 Å². The Kier molecular flexibility index (Phi) is 8.45. The monoisotopic (exact) mass is 596 g/mol. The van der Waals surface area contributed by atoms with Crippen LogP contribution in [0.25, 0.3) is 11.0 Å². The number of hydrogen-bond donors (Lipinski definition) is 1. The fourth-order valence-corrected chi connectivity index (χ4v) is 5.26. The van der Waals surface area contributed by atoms with Gasteiger partial charge in [-0.2, -0.15) is 8.78 Å². The van der Waals surface area contributed by atoms with Crippen LogP contribution in [0.2, 0.25) is 0 Å². The largest absolute Gasteiger partial charge is 0.494 e. The number of alkyl halides is 2. The first-order valence-electron chi connectivity index (χ1n) is 13.9. The van der Waals surface area contributed by atoms with Gasteiger partial charge in [-0.15, -0.1) is 0 Å². The molecule has 5 rings (SSSR count). The first kappa shape index (κ1) is 30.1. The molecule has 2 aromatic carbocycles. The highest BCUT2D eigenvalue weighted by molar-refractivity contribution is 5.99. The van der Waals surface area contributed by atoms with Crippen molar-refractivity contribution in [2.75, 3.05) is 50.1 Å². The maximum Gasteiger partial charge on any atom is 0.335 e. The quantitative estimate of drug-likeness (QED) is 0.178. The van der Waals surface area contributed by atoms with E-state index in [4.69, 9.17) is 9.15 Å². The average molecular weight is 597 g/mol. The summed E-state index contributed by atoms with van der Waals surface area (Å²) in [7, 11) is 1.11. The Bertz CT molecular complexity index is 1680. The van der Waals surface area contributed by atoms with Gasteiger partial charge in [0.15, 0.2) is 22.9 Å². The summed E-state index contributed by atoms with van der Waals surface area (Å²) in [5, 5.41) is 3.14. The van der Waals surface area contributed by atoms with Gasteiger partial charge in [0.1, 0.15) is 11.4 Å². The normalized spacial score (nSPS) is 14.3. The highest BCUT2D eigenvalue weighted by atomic mass is 19.3. The van der Waals surface area contributed by atoms with Crippen molar-refractivity contribution in [3.63, 3.8) is 0 Å². The summed E-state index contributed by atoms with van der Waals surface area (Å²) in [5.41, 5.74) is 1.20. The summed E-state index contributed by atoms with van der Waals surface area (Å²) in [6.07, 6.45) is 2.74. The van der Waals surface area contributed by atoms with Crippen LogP contribution < -0.4 is 15.0 Å². The van der Waals surface area contributed by atoms with Gasteiger partial charge in [-0.25, -0.2) is 8.78 Å². The molecule has 1 saturated heterocycles. The predicted molar refractivity (Wildman–Crippen MR) is 157 cm³/mol. The van der Waals surface area contributed by atoms with E-state index in [0.29, 0.717) is 11.4 Å². The van der Waals surface area contributed by atoms with E-state index in [1.54, 1.807) is 6.07 Å². The first-order chi connectivity index (χ1) is 20.5. The zero-order valence-electron chi connectivity index (χ0n) is 24.1. The van der Waals surface area contributed by atoms with Crippen LogP contribution in [0.15, 0.2) is 59.7 Å². The number of rotatable bonds is 9. The van der Waals surface area contributed by atoms with Gasteiger partial charge < -0.3 is 24.3 Å². The lowest BCUT2D eigenvalue weighted by atomic mass is 10.0. The summed E-state index contributed by atoms with van der Waals surface area (Å²) < 4.78 is 70.9. The van der Waals surface area contributed by atoms with E-state index < -0.39 is 34.6 Å². The van der Waals surface area contributed by atoms with E-state index in [0.717, 1.165) is 63.2 Å². The van der Waals surface area contributed by atoms with Crippen molar-refractivity contribution < 1.29 is 31.5 Å². The van der Waals surface area contributed by atoms with Crippen molar-refractivity contribution in [3.05, 3.63) is 95.0 Å². The second-order valence-electron chi connectivity index (χ2n) is 10.4. The van der Waals surface area contributed by atoms with Crippen molar-refractivity contribution in [2.24, 2.45) is 0 Å². The molecule has 0 unspecified atom stereocenters. The zero-order chi connectivity index (χ0) is 30.9. The van der Waals surface area contributed by atoms with E-state index >= 15 is 8.78 Å². The lowest BCUT2D eigenvalue weighted by Crippen LogP contribution is -2.46. The van der Waals surface area contributed by atoms with Gasteiger partial charge in [-0.3, -0.25) is 9.78 Å². The van der Waals surface area contributed by atoms with Gasteiger partial charge >= 0.3 is 5.92 Å². The number of benzene rings is 2. The second-order valence-corrected chi connectivity index (χ2v) is 10.4. The predicted octanol–water partition coefficient (Wildman–Crippen LogP) is 6.42. The number of aromatic nitrogens is 1. The molecule has 0 aliphatic carbocycles. The average Bonchev–Trinajstić information content (AvgIpc) is 3.44. The molecule has 1 aliphatic rings. The Balaban J connectivity index is 1.45. The van der Waals surface area contributed by atoms with Crippen molar-refractivity contribution in [1.82, 2.24) is 9.88 Å². The fourth-order valence-electron chi connectivity index (χ4n) is 5.26. The molecule has 0 bridgehead atoms. The number of methoxy groups -OCH3 is 1. The number of furan rings is 1. The summed E-state index contributed by atoms with van der Waals surface area (Å²) >= 11 is 0. The molecule has 1 fully saturated rings. The minimum absolute atomic E-state index is 0.0283. The number of likely N-dealkylation sites (N-methyl/N-ethyl adjacent to an activating group) is 1. The van der Waals surface area contributed by atoms with Gasteiger partial charge in [0.05, 0.1) is 13.3 Å². The summed E-state index contributed by atoms with van der Waals surface area (Å²) in [5.74, 6) is -8.81. The number of pyridine rings is 1. The Labute approximate surface area is 246 Å². The Morgan fingerprint density at radius 3 is 2.56 bits per heavy atom. The van der Waals surface area contributed by atoms with E-state index in [9.17, 15) is 13.6 Å². The third kappa shape index (κ3) is 5.94. The van der Waals surface area contributed by atoms with Crippen LogP contribution in [0.1, 0.15) is 35.1 Å². The third-order valence-electron chi connectivity index (χ3n) is 7.75. The summed E-state index contributed by atoms with van der Waals surface area (Å²) in [4.78, 5) is 21.2. The third-order valence-corrected chi connectivity index (χ3v) is 7.75. The molecule has 4 aromatic rings. The second kappa shape index (κ2) is 12.1. The molecule has 1 amide bonds. The number of carbonyl (C=O) groups excluding carboxylic acids is 1. The number of hydrogen-bond acceptors (Lipinski definition) is 6. The standard InChI is InChI=1S/C32H32F4N4O3/c1-5-28(41)38-24-17-23(40-11-9-39(6-2)10-12-40)8-7-20(24)14-22-15-21-16-27(43-26(21)18-37-22)32(35,36)29-30(33)19(3)13-25(42-4)31(29)34/h5,7-8,13,15-18H,1,6,9-12,14H2,2-4H3,(H,38,41). The van der Waals surface area contributed by atoms with Gasteiger partial charge in [0.25, 0.3) is 0 Å². The molecular formula is C32H32F4N4O3. The topological polar surface area (TPSA) is 70.8 Å². The molecule has 43 heavy (non-hydrogen) atoms. The van der Waals surface area contributed by atoms with Crippen molar-refractivity contribution >= 4 is 28.3 Å². The molecule has 7 nitrogen and oxygen atoms in total. The first-order valence-corrected chi connectivity index (χ1v) is 13.9. The highest BCUT2D eigenvalue weighted by Gasteiger charge is 2.44. The molecular weight excluding hydrogens is 564 g/mol. The molecule has 0 radical (unpaired) electrons. The van der Waals surface area contributed by atoms with Crippen LogP contribution in [-0.4, -0.2) is 55.6 Å². The molecule has 2 aromatic heterocycles. The van der Waals surface area contributed by atoms with E-state index in [-0.39, 0.29) is 28.9 Å². The zero-order valence-corrected chi connectivity index (χ0v) is 24.1. The van der Waals surface area contributed by atoms with Gasteiger partial charge in [0.2, 0.25) is 5.91 Å². The number of amides is 1. The van der Waals surface area contributed by atoms with Crippen molar-refractivity contribution in [2.45, 2.75) is 26.2 Å². The molecule has 3 heterocycles. The van der Waals surface area contributed by atoms with Crippen molar-refractivity contribution in [3.8, 4) is 5.75 Å². The number of nitrogens with one attached hydrogen (secondary N) is 1. The van der Waals surface area contributed by atoms with Crippen LogP contribution in [0.4, 0.5) is 28.9 Å². The highest BCUT2D eigenvalue weighted by Crippen LogP contribution is 2.43. The molecule has 0 spiro atoms. The lowest BCUT2D eigenvalue weighted by Gasteiger charge is -2.35. The maximum atomic E-state index is 15.5. The van der Waals surface area contributed by atoms with E-state index in [1.165, 1.54) is 19.2 Å². The number of carbonyl (C=O) groups is 1. The lowest BCUT2D eigenvalue weighted by molar-refractivity contribution is -0.111. The summed E-state index contributed by atoms with van der Waals surface area (Å²) in [6, 6.07) is 9.43. The number of aryl methyl sites for hydroxylation is 1. The molecule has 226 valence electrons. The Hall–Kier alpha value is -4.38. The maximum absolute atomic E-state index is 15.5. The van der Waals surface area contributed by atoms with Crippen LogP contribution in [0.5, 0.6) is 5.75 Å². The van der Waals surface area contributed by atoms with Crippen LogP contribution in [-0.2, 0) is 17.1 Å². The van der Waals surface area contributed by atoms with Crippen LogP contribution in [0, 0.1) is 18.6 Å². The van der Waals surface area contributed by atoms with E-state index in [1.807, 2.05) is 18.2 Å². The van der Waals surface area contributed by atoms with Gasteiger partial charge in [0, 0.05) is 55.1 Å². The number of ether oxygens (including phenoxy) is 1. The van der Waals surface area contributed by atoms with E-state index in [2.05, 4.69) is 33.6 Å². The Morgan fingerprint density at radius 1 is 1.14 bits per heavy atom. The Morgan fingerprint density at radius 2 is 1.88 bits per heavy atom. The fraction of sp³-hybridized carbons (Fsp3) is 0.312. The molecule has 1 aliphatic heterocycles. The SMILES string of the molecule is C=CC(=O)Nc1cc(N2CCN(CC)CC2)ccc1Cc1cc2cc(C(F)(F)c3c(F)c(C)cc(OC)c3F)oc2cn1. The number of fused-ring (bicyclic) bond motifs is 1. The minimum Gasteiger partial charge on any atom is -0.494 e. The minimum atomic E-state index is -4.13. The van der Waals surface area contributed by atoms with Crippen LogP contribution in [0.3, 0.4) is 0 Å². The number of anilines is 2. The van der Waals surface area contributed by atoms with Crippen LogP contribution >= 0.6 is 0 Å². The number of halogens is 4. The molecule has 11 heteroatoms. The smallest absolute Gasteiger partial charge is 0.335 e. The number of nitrogens with zero attached hydrogens (tertiary/aromatic N) is 3. The molecule has 1 N–H and O–H groups in total. The summed E-state index contributed by atoms with van der Waals surface area (Å²) in [6.45, 7) is 11.5. The van der Waals surface area contributed by atoms with Gasteiger partial charge in [-0.05, 0) is 61.0 Å². The number of piperazine rings is 1. The van der Waals surface area contributed by atoms with Crippen molar-refractivity contribution in [1.29, 1.82) is 0 Å². The molecule has 0 saturated carbocycles.